The van der Waals surface area contributed by atoms with E-state index in [-0.39, 0.29) is 0 Å². The number of fused-ring (bicyclic) bond motifs is 1. The number of benzene rings is 1. The van der Waals surface area contributed by atoms with Gasteiger partial charge in [-0.2, -0.15) is 4.98 Å². The summed E-state index contributed by atoms with van der Waals surface area (Å²) in [5.74, 6) is 6.67. The monoisotopic (exact) mass is 253 g/mol. The van der Waals surface area contributed by atoms with E-state index in [1.165, 1.54) is 0 Å². The second-order valence-corrected chi connectivity index (χ2v) is 3.79. The van der Waals surface area contributed by atoms with Crippen LogP contribution in [-0.2, 0) is 0 Å². The smallest absolute Gasteiger partial charge is 0.240 e. The summed E-state index contributed by atoms with van der Waals surface area (Å²) in [6.07, 6.45) is 3.31. The van der Waals surface area contributed by atoms with E-state index < -0.39 is 0 Å². The molecule has 0 amide bonds. The molecule has 2 aromatic heterocycles. The number of nitrogens with zero attached hydrogens (tertiary/aromatic N) is 3. The minimum atomic E-state index is 0.302. The van der Waals surface area contributed by atoms with Crippen molar-refractivity contribution in [3.8, 4) is 11.6 Å². The molecule has 3 N–H and O–H groups in total. The van der Waals surface area contributed by atoms with Crippen molar-refractivity contribution in [2.24, 2.45) is 5.84 Å². The lowest BCUT2D eigenvalue weighted by molar-refractivity contribution is 0.467. The normalized spacial score (nSPS) is 10.4. The van der Waals surface area contributed by atoms with Gasteiger partial charge in [0.15, 0.2) is 0 Å². The van der Waals surface area contributed by atoms with Gasteiger partial charge in [-0.1, -0.05) is 6.07 Å². The van der Waals surface area contributed by atoms with Crippen LogP contribution in [0.4, 0.5) is 5.95 Å². The SMILES string of the molecule is NNc1nccc(Oc2cccc3ncccc23)n1. The van der Waals surface area contributed by atoms with Crippen LogP contribution in [-0.4, -0.2) is 15.0 Å². The predicted octanol–water partition coefficient (Wildman–Crippen LogP) is 2.10. The Morgan fingerprint density at radius 3 is 2.84 bits per heavy atom. The van der Waals surface area contributed by atoms with Crippen molar-refractivity contribution in [3.05, 3.63) is 48.8 Å². The molecule has 0 atom stereocenters. The molecule has 0 saturated carbocycles. The molecular weight excluding hydrogens is 242 g/mol. The molecule has 0 aliphatic heterocycles. The molecule has 94 valence electrons. The zero-order chi connectivity index (χ0) is 13.1. The van der Waals surface area contributed by atoms with E-state index in [0.717, 1.165) is 10.9 Å². The minimum Gasteiger partial charge on any atom is -0.438 e. The molecule has 3 rings (SSSR count). The molecule has 0 unspecified atom stereocenters. The van der Waals surface area contributed by atoms with Gasteiger partial charge in [-0.15, -0.1) is 0 Å². The molecule has 0 fully saturated rings. The fourth-order valence-corrected chi connectivity index (χ4v) is 1.75. The Hall–Kier alpha value is -2.73. The summed E-state index contributed by atoms with van der Waals surface area (Å²) in [4.78, 5) is 12.3. The molecule has 6 heteroatoms. The highest BCUT2D eigenvalue weighted by molar-refractivity contribution is 5.85. The third kappa shape index (κ3) is 2.29. The van der Waals surface area contributed by atoms with Gasteiger partial charge in [-0.05, 0) is 24.3 Å². The van der Waals surface area contributed by atoms with Crippen LogP contribution in [0.25, 0.3) is 10.9 Å². The minimum absolute atomic E-state index is 0.302. The van der Waals surface area contributed by atoms with Crippen molar-refractivity contribution in [2.45, 2.75) is 0 Å². The van der Waals surface area contributed by atoms with Crippen LogP contribution in [0.3, 0.4) is 0 Å². The van der Waals surface area contributed by atoms with E-state index in [2.05, 4.69) is 20.4 Å². The van der Waals surface area contributed by atoms with Crippen LogP contribution >= 0.6 is 0 Å². The Morgan fingerprint density at radius 2 is 1.95 bits per heavy atom. The summed E-state index contributed by atoms with van der Waals surface area (Å²) in [6.45, 7) is 0. The van der Waals surface area contributed by atoms with Crippen LogP contribution in [0.5, 0.6) is 11.6 Å². The van der Waals surface area contributed by atoms with Gasteiger partial charge in [-0.25, -0.2) is 10.8 Å². The summed E-state index contributed by atoms with van der Waals surface area (Å²) in [7, 11) is 0. The first-order chi connectivity index (χ1) is 9.36. The first-order valence-electron chi connectivity index (χ1n) is 5.68. The Balaban J connectivity index is 2.01. The zero-order valence-electron chi connectivity index (χ0n) is 9.95. The van der Waals surface area contributed by atoms with Gasteiger partial charge in [0.05, 0.1) is 5.52 Å². The van der Waals surface area contributed by atoms with Crippen molar-refractivity contribution in [3.63, 3.8) is 0 Å². The summed E-state index contributed by atoms with van der Waals surface area (Å²) in [5, 5.41) is 0.922. The summed E-state index contributed by atoms with van der Waals surface area (Å²) < 4.78 is 5.75. The Morgan fingerprint density at radius 1 is 1.00 bits per heavy atom. The third-order valence-corrected chi connectivity index (χ3v) is 2.58. The van der Waals surface area contributed by atoms with Crippen LogP contribution in [0, 0.1) is 0 Å². The number of hydrazine groups is 1. The second-order valence-electron chi connectivity index (χ2n) is 3.79. The first kappa shape index (κ1) is 11.4. The predicted molar refractivity (Wildman–Crippen MR) is 71.7 cm³/mol. The maximum absolute atomic E-state index is 5.75. The molecule has 0 bridgehead atoms. The number of anilines is 1. The van der Waals surface area contributed by atoms with Crippen molar-refractivity contribution in [1.29, 1.82) is 0 Å². The van der Waals surface area contributed by atoms with Crippen molar-refractivity contribution in [2.75, 3.05) is 5.43 Å². The van der Waals surface area contributed by atoms with Gasteiger partial charge in [-0.3, -0.25) is 10.4 Å². The summed E-state index contributed by atoms with van der Waals surface area (Å²) in [5.41, 5.74) is 3.24. The number of ether oxygens (including phenoxy) is 1. The molecule has 0 radical (unpaired) electrons. The number of nitrogens with one attached hydrogen (secondary N) is 1. The van der Waals surface area contributed by atoms with E-state index >= 15 is 0 Å². The number of nitrogens with two attached hydrogens (primary N) is 1. The van der Waals surface area contributed by atoms with Gasteiger partial charge in [0, 0.05) is 23.8 Å². The average molecular weight is 253 g/mol. The number of aromatic nitrogens is 3. The van der Waals surface area contributed by atoms with Crippen molar-refractivity contribution < 1.29 is 4.74 Å². The molecule has 0 saturated heterocycles. The topological polar surface area (TPSA) is 86.0 Å². The van der Waals surface area contributed by atoms with Crippen LogP contribution in [0.2, 0.25) is 0 Å². The van der Waals surface area contributed by atoms with E-state index in [0.29, 0.717) is 17.6 Å². The first-order valence-corrected chi connectivity index (χ1v) is 5.68. The van der Waals surface area contributed by atoms with Gasteiger partial charge in [0.25, 0.3) is 0 Å². The number of pyridine rings is 1. The quantitative estimate of drug-likeness (QED) is 0.549. The summed E-state index contributed by atoms with van der Waals surface area (Å²) in [6, 6.07) is 11.1. The van der Waals surface area contributed by atoms with Crippen LogP contribution in [0.15, 0.2) is 48.8 Å². The van der Waals surface area contributed by atoms with E-state index in [1.54, 1.807) is 18.5 Å². The maximum atomic E-state index is 5.75. The third-order valence-electron chi connectivity index (χ3n) is 2.58. The molecule has 3 aromatic rings. The lowest BCUT2D eigenvalue weighted by atomic mass is 10.2. The Kier molecular flexibility index (Phi) is 2.91. The number of rotatable bonds is 3. The van der Waals surface area contributed by atoms with Crippen LogP contribution < -0.4 is 16.0 Å². The lowest BCUT2D eigenvalue weighted by Crippen LogP contribution is -2.10. The molecule has 0 aliphatic carbocycles. The van der Waals surface area contributed by atoms with Gasteiger partial charge in [0.2, 0.25) is 11.8 Å². The molecule has 1 aromatic carbocycles. The molecule has 0 aliphatic rings. The zero-order valence-corrected chi connectivity index (χ0v) is 9.95. The highest BCUT2D eigenvalue weighted by Gasteiger charge is 2.05. The Bertz CT molecular complexity index is 711. The molecule has 2 heterocycles. The highest BCUT2D eigenvalue weighted by atomic mass is 16.5. The van der Waals surface area contributed by atoms with Gasteiger partial charge < -0.3 is 4.74 Å². The van der Waals surface area contributed by atoms with Gasteiger partial charge in [0.1, 0.15) is 5.75 Å². The lowest BCUT2D eigenvalue weighted by Gasteiger charge is -2.08. The fraction of sp³-hybridized carbons (Fsp3) is 0. The largest absolute Gasteiger partial charge is 0.438 e. The molecule has 6 nitrogen and oxygen atoms in total. The molecule has 0 spiro atoms. The average Bonchev–Trinajstić information content (AvgIpc) is 2.48. The van der Waals surface area contributed by atoms with E-state index in [4.69, 9.17) is 10.6 Å². The highest BCUT2D eigenvalue weighted by Crippen LogP contribution is 2.27. The standard InChI is InChI=1S/C13H11N5O/c14-18-13-16-8-6-12(17-13)19-11-5-1-4-10-9(11)3-2-7-15-10/h1-8H,14H2,(H,16,17,18). The number of hydrogen-bond acceptors (Lipinski definition) is 6. The van der Waals surface area contributed by atoms with E-state index in [9.17, 15) is 0 Å². The molecule has 19 heavy (non-hydrogen) atoms. The number of nitrogen functional groups attached to an aromatic ring is 1. The second kappa shape index (κ2) is 4.87. The van der Waals surface area contributed by atoms with Crippen LogP contribution in [0.1, 0.15) is 0 Å². The van der Waals surface area contributed by atoms with Gasteiger partial charge >= 0.3 is 0 Å². The number of hydrogen-bond donors (Lipinski definition) is 2. The van der Waals surface area contributed by atoms with E-state index in [1.807, 2.05) is 30.3 Å². The van der Waals surface area contributed by atoms with Crippen molar-refractivity contribution >= 4 is 16.9 Å². The maximum Gasteiger partial charge on any atom is 0.240 e. The fourth-order valence-electron chi connectivity index (χ4n) is 1.75. The summed E-state index contributed by atoms with van der Waals surface area (Å²) >= 11 is 0. The molecular formula is C13H11N5O. The van der Waals surface area contributed by atoms with Crippen molar-refractivity contribution in [1.82, 2.24) is 15.0 Å². The Labute approximate surface area is 109 Å².